The van der Waals surface area contributed by atoms with Crippen molar-refractivity contribution in [3.63, 3.8) is 0 Å². The van der Waals surface area contributed by atoms with Crippen LogP contribution in [0.5, 0.6) is 0 Å². The molecular weight excluding hydrogens is 899 g/mol. The smallest absolute Gasteiger partial charge is 0.410 e. The second-order valence-electron chi connectivity index (χ2n) is 17.8. The number of unbranched alkanes of at least 4 members (excludes halogenated alkanes) is 2. The van der Waals surface area contributed by atoms with Crippen LogP contribution < -0.4 is 27.0 Å². The number of likely N-dealkylation sites (tertiary alicyclic amines) is 1. The summed E-state index contributed by atoms with van der Waals surface area (Å²) in [5.41, 5.74) is 11.0. The van der Waals surface area contributed by atoms with E-state index in [9.17, 15) is 33.6 Å². The molecule has 21 nitrogen and oxygen atoms in total. The van der Waals surface area contributed by atoms with E-state index in [0.29, 0.717) is 55.7 Å². The number of amides is 8. The van der Waals surface area contributed by atoms with E-state index in [2.05, 4.69) is 36.3 Å². The molecule has 2 aliphatic rings. The molecule has 0 spiro atoms. The molecule has 0 bridgehead atoms. The number of aromatic amines is 1. The zero-order valence-electron chi connectivity index (χ0n) is 39.5. The van der Waals surface area contributed by atoms with Gasteiger partial charge in [-0.2, -0.15) is 5.10 Å². The molecule has 1 fully saturated rings. The van der Waals surface area contributed by atoms with Crippen molar-refractivity contribution < 1.29 is 38.3 Å². The van der Waals surface area contributed by atoms with Crippen LogP contribution in [0.2, 0.25) is 0 Å². The first kappa shape index (κ1) is 49.9. The minimum absolute atomic E-state index is 0.0146. The van der Waals surface area contributed by atoms with Gasteiger partial charge in [-0.1, -0.05) is 38.5 Å². The summed E-state index contributed by atoms with van der Waals surface area (Å²) in [6.07, 6.45) is 9.13. The number of primary amides is 1. The summed E-state index contributed by atoms with van der Waals surface area (Å²) in [5, 5.41) is 15.2. The van der Waals surface area contributed by atoms with Gasteiger partial charge < -0.3 is 41.6 Å². The fraction of sp³-hybridized carbons (Fsp3) is 0.408. The summed E-state index contributed by atoms with van der Waals surface area (Å²) in [6.45, 7) is 6.82. The number of aromatic nitrogens is 6. The van der Waals surface area contributed by atoms with Crippen molar-refractivity contribution in [2.75, 3.05) is 31.5 Å². The number of rotatable bonds is 21. The Morgan fingerprint density at radius 3 is 2.44 bits per heavy atom. The summed E-state index contributed by atoms with van der Waals surface area (Å²) in [4.78, 5) is 109. The number of nitrogens with two attached hydrogens (primary N) is 1. The van der Waals surface area contributed by atoms with E-state index in [1.807, 2.05) is 43.5 Å². The minimum Gasteiger partial charge on any atom is -0.445 e. The Hall–Kier alpha value is -7.97. The van der Waals surface area contributed by atoms with Crippen molar-refractivity contribution in [1.29, 1.82) is 0 Å². The van der Waals surface area contributed by atoms with Crippen molar-refractivity contribution in [2.24, 2.45) is 11.7 Å². The van der Waals surface area contributed by atoms with Crippen LogP contribution >= 0.6 is 0 Å². The number of carbonyl (C=O) groups is 7. The molecule has 7 rings (SSSR count). The van der Waals surface area contributed by atoms with E-state index in [1.165, 1.54) is 18.5 Å². The topological polar surface area (TPSA) is 281 Å². The third-order valence-corrected chi connectivity index (χ3v) is 12.1. The van der Waals surface area contributed by atoms with Crippen molar-refractivity contribution in [3.8, 4) is 22.6 Å². The average Bonchev–Trinajstić information content (AvgIpc) is 4.09. The number of nitrogens with one attached hydrogen (secondary N) is 5. The van der Waals surface area contributed by atoms with Gasteiger partial charge in [0.1, 0.15) is 36.5 Å². The first-order chi connectivity index (χ1) is 33.7. The molecule has 0 aliphatic carbocycles. The molecule has 5 aromatic rings. The van der Waals surface area contributed by atoms with Gasteiger partial charge in [-0.25, -0.2) is 24.1 Å². The molecule has 368 valence electrons. The van der Waals surface area contributed by atoms with Gasteiger partial charge >= 0.3 is 12.1 Å². The van der Waals surface area contributed by atoms with Crippen LogP contribution in [-0.4, -0.2) is 119 Å². The lowest BCUT2D eigenvalue weighted by atomic mass is 9.98. The van der Waals surface area contributed by atoms with Crippen molar-refractivity contribution in [1.82, 2.24) is 55.3 Å². The van der Waals surface area contributed by atoms with Crippen LogP contribution in [0, 0.1) is 12.8 Å². The van der Waals surface area contributed by atoms with Gasteiger partial charge in [0.05, 0.1) is 11.4 Å². The molecule has 4 aromatic heterocycles. The number of urea groups is 1. The number of hydrogen-bond acceptors (Lipinski definition) is 12. The first-order valence-corrected chi connectivity index (χ1v) is 23.5. The van der Waals surface area contributed by atoms with E-state index in [4.69, 9.17) is 20.4 Å². The van der Waals surface area contributed by atoms with E-state index < -0.39 is 36.0 Å². The van der Waals surface area contributed by atoms with Crippen molar-refractivity contribution in [3.05, 3.63) is 96.4 Å². The molecular formula is C49H59N13O8. The number of anilines is 1. The number of pyridine rings is 2. The molecule has 6 heterocycles. The number of carbonyl (C=O) groups excluding carboxylic acids is 7. The van der Waals surface area contributed by atoms with Crippen LogP contribution in [0.15, 0.2) is 79.3 Å². The van der Waals surface area contributed by atoms with E-state index >= 15 is 0 Å². The number of benzene rings is 1. The summed E-state index contributed by atoms with van der Waals surface area (Å²) >= 11 is 0. The first-order valence-electron chi connectivity index (χ1n) is 23.5. The lowest BCUT2D eigenvalue weighted by Gasteiger charge is -2.31. The Balaban J connectivity index is 0.918. The Bertz CT molecular complexity index is 2710. The third kappa shape index (κ3) is 13.2. The number of fused-ring (bicyclic) bond motifs is 1. The summed E-state index contributed by atoms with van der Waals surface area (Å²) in [6, 6.07) is 13.7. The maximum Gasteiger partial charge on any atom is 0.410 e. The second-order valence-corrected chi connectivity index (χ2v) is 17.8. The fourth-order valence-electron chi connectivity index (χ4n) is 8.35. The van der Waals surface area contributed by atoms with Gasteiger partial charge in [-0.3, -0.25) is 33.9 Å². The highest BCUT2D eigenvalue weighted by Gasteiger charge is 2.31. The standard InChI is InChI=1S/C49H59N13O8/c1-30(2)42(57-39(63)14-5-4-6-25-61-40(64)21-22-41(61)65)47(67)56-37(13-8-23-51-48(50)68)46(66)55-35-18-15-32(16-19-35)28-70-49(69)60-24-9-11-34(26-60)45-58-43(33-17-20-38-52-29-53-62(38)27-33)44(59-45)36-12-7-10-31(3)54-36/h7,10,12,15-22,27,29-30,34,37,42H,4-6,8-9,11,13-14,23-26,28H2,1-3H3,(H,55,66)(H,56,67)(H,57,63)(H,58,59)(H3,50,51,68). The molecule has 70 heavy (non-hydrogen) atoms. The number of ether oxygens (including phenoxy) is 1. The Kier molecular flexibility index (Phi) is 16.7. The van der Waals surface area contributed by atoms with Crippen LogP contribution in [0.3, 0.4) is 0 Å². The molecule has 2 aliphatic heterocycles. The lowest BCUT2D eigenvalue weighted by Crippen LogP contribution is -2.54. The normalized spacial score (nSPS) is 15.5. The van der Waals surface area contributed by atoms with E-state index in [0.717, 1.165) is 51.9 Å². The van der Waals surface area contributed by atoms with Gasteiger partial charge in [0.2, 0.25) is 17.7 Å². The predicted molar refractivity (Wildman–Crippen MR) is 257 cm³/mol. The third-order valence-electron chi connectivity index (χ3n) is 12.1. The summed E-state index contributed by atoms with van der Waals surface area (Å²) < 4.78 is 7.47. The molecule has 3 unspecified atom stereocenters. The molecule has 0 radical (unpaired) electrons. The fourth-order valence-corrected chi connectivity index (χ4v) is 8.35. The number of aryl methyl sites for hydroxylation is 1. The van der Waals surface area contributed by atoms with Crippen LogP contribution in [0.4, 0.5) is 15.3 Å². The molecule has 3 atom stereocenters. The largest absolute Gasteiger partial charge is 0.445 e. The highest BCUT2D eigenvalue weighted by Crippen LogP contribution is 2.34. The zero-order valence-corrected chi connectivity index (χ0v) is 39.5. The molecule has 1 aromatic carbocycles. The SMILES string of the molecule is Cc1cccc(-c2nc(C3CCCN(C(=O)OCc4ccc(NC(=O)C(CCCNC(N)=O)NC(=O)C(NC(=O)CCCCCN5C(=O)C=CC5=O)C(C)C)cc4)C3)[nH]c2-c2ccc3ncnn3c2)n1. The number of imide groups is 1. The van der Waals surface area contributed by atoms with Gasteiger partial charge in [0.25, 0.3) is 11.8 Å². The maximum atomic E-state index is 13.7. The quantitative estimate of drug-likeness (QED) is 0.0438. The number of imidazole rings is 1. The highest BCUT2D eigenvalue weighted by atomic mass is 16.6. The predicted octanol–water partition coefficient (Wildman–Crippen LogP) is 4.50. The van der Waals surface area contributed by atoms with Crippen molar-refractivity contribution >= 4 is 53.0 Å². The Morgan fingerprint density at radius 2 is 1.70 bits per heavy atom. The Labute approximate surface area is 404 Å². The maximum absolute atomic E-state index is 13.7. The van der Waals surface area contributed by atoms with Gasteiger partial charge in [-0.15, -0.1) is 0 Å². The molecule has 21 heteroatoms. The molecule has 8 amide bonds. The van der Waals surface area contributed by atoms with E-state index in [-0.39, 0.29) is 62.1 Å². The minimum atomic E-state index is -1.04. The number of piperidine rings is 1. The number of nitrogens with zero attached hydrogens (tertiary/aromatic N) is 7. The van der Waals surface area contributed by atoms with Crippen LogP contribution in [0.25, 0.3) is 28.3 Å². The van der Waals surface area contributed by atoms with Gasteiger partial charge in [0, 0.05) is 73.8 Å². The average molecular weight is 958 g/mol. The van der Waals surface area contributed by atoms with E-state index in [1.54, 1.807) is 47.5 Å². The molecule has 0 saturated carbocycles. The summed E-state index contributed by atoms with van der Waals surface area (Å²) in [7, 11) is 0. The zero-order chi connectivity index (χ0) is 49.7. The van der Waals surface area contributed by atoms with Gasteiger partial charge in [0.15, 0.2) is 5.65 Å². The molecule has 1 saturated heterocycles. The lowest BCUT2D eigenvalue weighted by molar-refractivity contribution is -0.137. The highest BCUT2D eigenvalue weighted by molar-refractivity contribution is 6.12. The van der Waals surface area contributed by atoms with Crippen LogP contribution in [0.1, 0.15) is 88.2 Å². The number of H-pyrrole nitrogens is 1. The monoisotopic (exact) mass is 957 g/mol. The number of hydrogen-bond donors (Lipinski definition) is 6. The Morgan fingerprint density at radius 1 is 0.914 bits per heavy atom. The van der Waals surface area contributed by atoms with Crippen LogP contribution in [-0.2, 0) is 35.3 Å². The summed E-state index contributed by atoms with van der Waals surface area (Å²) in [5.74, 6) is -1.81. The van der Waals surface area contributed by atoms with Gasteiger partial charge in [-0.05, 0) is 93.3 Å². The van der Waals surface area contributed by atoms with Crippen molar-refractivity contribution in [2.45, 2.75) is 96.7 Å². The second kappa shape index (κ2) is 23.4. The molecule has 7 N–H and O–H groups in total.